The first-order valence-electron chi connectivity index (χ1n) is 6.19. The fraction of sp³-hybridized carbons (Fsp3) is 0.429. The molecule has 0 saturated heterocycles. The Morgan fingerprint density at radius 3 is 2.74 bits per heavy atom. The number of imidazole rings is 1. The molecule has 0 bridgehead atoms. The van der Waals surface area contributed by atoms with E-state index in [1.165, 1.54) is 0 Å². The summed E-state index contributed by atoms with van der Waals surface area (Å²) in [6, 6.07) is 3.97. The van der Waals surface area contributed by atoms with E-state index < -0.39 is 11.5 Å². The number of aromatic nitrogens is 2. The van der Waals surface area contributed by atoms with E-state index in [-0.39, 0.29) is 0 Å². The standard InChI is InChI=1S/C14H19N3O2/c1-10-5-6-12-15-11(9-17(12)7-10)8-16(4)14(2,3)13(18)19/h5-7,9H,8H2,1-4H3,(H,18,19). The number of aryl methyl sites for hydroxylation is 1. The van der Waals surface area contributed by atoms with Crippen LogP contribution in [0.4, 0.5) is 0 Å². The maximum atomic E-state index is 11.2. The summed E-state index contributed by atoms with van der Waals surface area (Å²) < 4.78 is 1.96. The van der Waals surface area contributed by atoms with Crippen LogP contribution in [0, 0.1) is 6.92 Å². The van der Waals surface area contributed by atoms with Gasteiger partial charge in [0, 0.05) is 18.9 Å². The van der Waals surface area contributed by atoms with E-state index in [4.69, 9.17) is 0 Å². The van der Waals surface area contributed by atoms with Gasteiger partial charge < -0.3 is 9.51 Å². The lowest BCUT2D eigenvalue weighted by Crippen LogP contribution is -2.47. The molecule has 5 nitrogen and oxygen atoms in total. The summed E-state index contributed by atoms with van der Waals surface area (Å²) in [6.45, 7) is 5.91. The van der Waals surface area contributed by atoms with Crippen molar-refractivity contribution in [1.82, 2.24) is 14.3 Å². The molecule has 0 spiro atoms. The highest BCUT2D eigenvalue weighted by Crippen LogP contribution is 2.16. The fourth-order valence-corrected chi connectivity index (χ4v) is 1.84. The predicted octanol–water partition coefficient (Wildman–Crippen LogP) is 1.94. The van der Waals surface area contributed by atoms with Crippen molar-refractivity contribution in [3.8, 4) is 0 Å². The molecule has 102 valence electrons. The number of aliphatic carboxylic acids is 1. The van der Waals surface area contributed by atoms with Gasteiger partial charge in [-0.25, -0.2) is 4.98 Å². The predicted molar refractivity (Wildman–Crippen MR) is 73.1 cm³/mol. The highest BCUT2D eigenvalue weighted by atomic mass is 16.4. The lowest BCUT2D eigenvalue weighted by molar-refractivity contribution is -0.148. The van der Waals surface area contributed by atoms with Gasteiger partial charge in [-0.1, -0.05) is 6.07 Å². The number of hydrogen-bond donors (Lipinski definition) is 1. The summed E-state index contributed by atoms with van der Waals surface area (Å²) in [7, 11) is 1.80. The Kier molecular flexibility index (Phi) is 3.32. The van der Waals surface area contributed by atoms with E-state index >= 15 is 0 Å². The van der Waals surface area contributed by atoms with Crippen molar-refractivity contribution >= 4 is 11.6 Å². The Bertz CT molecular complexity index is 616. The van der Waals surface area contributed by atoms with Crippen LogP contribution >= 0.6 is 0 Å². The van der Waals surface area contributed by atoms with Gasteiger partial charge in [-0.05, 0) is 39.4 Å². The van der Waals surface area contributed by atoms with Crippen LogP contribution in [-0.4, -0.2) is 37.9 Å². The third-order valence-electron chi connectivity index (χ3n) is 3.53. The molecule has 0 aliphatic rings. The lowest BCUT2D eigenvalue weighted by atomic mass is 10.0. The first-order chi connectivity index (χ1) is 8.80. The molecule has 0 radical (unpaired) electrons. The number of pyridine rings is 1. The van der Waals surface area contributed by atoms with Crippen molar-refractivity contribution in [2.45, 2.75) is 32.9 Å². The normalized spacial score (nSPS) is 12.3. The van der Waals surface area contributed by atoms with Crippen LogP contribution in [-0.2, 0) is 11.3 Å². The fourth-order valence-electron chi connectivity index (χ4n) is 1.84. The zero-order valence-electron chi connectivity index (χ0n) is 11.7. The number of carbonyl (C=O) groups is 1. The molecular weight excluding hydrogens is 242 g/mol. The first-order valence-corrected chi connectivity index (χ1v) is 6.19. The monoisotopic (exact) mass is 261 g/mol. The van der Waals surface area contributed by atoms with E-state index in [9.17, 15) is 9.90 Å². The van der Waals surface area contributed by atoms with Gasteiger partial charge in [-0.15, -0.1) is 0 Å². The van der Waals surface area contributed by atoms with Crippen molar-refractivity contribution in [2.75, 3.05) is 7.05 Å². The van der Waals surface area contributed by atoms with E-state index in [0.717, 1.165) is 16.9 Å². The number of rotatable bonds is 4. The van der Waals surface area contributed by atoms with Crippen LogP contribution in [0.5, 0.6) is 0 Å². The third kappa shape index (κ3) is 2.61. The van der Waals surface area contributed by atoms with E-state index in [0.29, 0.717) is 6.54 Å². The molecule has 2 rings (SSSR count). The SMILES string of the molecule is Cc1ccc2nc(CN(C)C(C)(C)C(=O)O)cn2c1. The minimum Gasteiger partial charge on any atom is -0.480 e. The Morgan fingerprint density at radius 1 is 1.42 bits per heavy atom. The molecule has 5 heteroatoms. The highest BCUT2D eigenvalue weighted by molar-refractivity contribution is 5.77. The minimum atomic E-state index is -0.911. The average molecular weight is 261 g/mol. The molecule has 2 aromatic heterocycles. The zero-order chi connectivity index (χ0) is 14.2. The number of fused-ring (bicyclic) bond motifs is 1. The van der Waals surface area contributed by atoms with Gasteiger partial charge in [0.2, 0.25) is 0 Å². The number of carboxylic acid groups (broad SMARTS) is 1. The molecule has 0 saturated carbocycles. The molecule has 0 aromatic carbocycles. The first kappa shape index (κ1) is 13.5. The number of nitrogens with zero attached hydrogens (tertiary/aromatic N) is 3. The summed E-state index contributed by atoms with van der Waals surface area (Å²) in [4.78, 5) is 17.5. The van der Waals surface area contributed by atoms with Gasteiger partial charge in [-0.2, -0.15) is 0 Å². The van der Waals surface area contributed by atoms with Crippen LogP contribution < -0.4 is 0 Å². The van der Waals surface area contributed by atoms with Crippen molar-refractivity contribution in [1.29, 1.82) is 0 Å². The lowest BCUT2D eigenvalue weighted by Gasteiger charge is -2.30. The second-order valence-corrected chi connectivity index (χ2v) is 5.42. The summed E-state index contributed by atoms with van der Waals surface area (Å²) in [5.74, 6) is -0.838. The summed E-state index contributed by atoms with van der Waals surface area (Å²) in [5, 5.41) is 9.20. The average Bonchev–Trinajstić information content (AvgIpc) is 2.69. The molecule has 2 heterocycles. The van der Waals surface area contributed by atoms with E-state index in [1.54, 1.807) is 25.8 Å². The number of hydrogen-bond acceptors (Lipinski definition) is 3. The Morgan fingerprint density at radius 2 is 2.11 bits per heavy atom. The van der Waals surface area contributed by atoms with Crippen molar-refractivity contribution in [3.63, 3.8) is 0 Å². The van der Waals surface area contributed by atoms with Gasteiger partial charge in [0.05, 0.1) is 5.69 Å². The van der Waals surface area contributed by atoms with Crippen LogP contribution in [0.3, 0.4) is 0 Å². The van der Waals surface area contributed by atoms with Gasteiger partial charge >= 0.3 is 5.97 Å². The van der Waals surface area contributed by atoms with E-state index in [1.807, 2.05) is 35.9 Å². The number of carboxylic acids is 1. The Balaban J connectivity index is 2.24. The second kappa shape index (κ2) is 4.66. The topological polar surface area (TPSA) is 57.8 Å². The summed E-state index contributed by atoms with van der Waals surface area (Å²) in [5.41, 5.74) is 1.99. The molecule has 1 N–H and O–H groups in total. The zero-order valence-corrected chi connectivity index (χ0v) is 11.7. The smallest absolute Gasteiger partial charge is 0.323 e. The Hall–Kier alpha value is -1.88. The molecule has 0 aliphatic carbocycles. The second-order valence-electron chi connectivity index (χ2n) is 5.42. The summed E-state index contributed by atoms with van der Waals surface area (Å²) >= 11 is 0. The minimum absolute atomic E-state index is 0.500. The molecule has 0 atom stereocenters. The summed E-state index contributed by atoms with van der Waals surface area (Å²) in [6.07, 6.45) is 3.95. The van der Waals surface area contributed by atoms with Crippen LogP contribution in [0.1, 0.15) is 25.1 Å². The Labute approximate surface area is 112 Å². The molecular formula is C14H19N3O2. The molecule has 0 unspecified atom stereocenters. The maximum absolute atomic E-state index is 11.2. The van der Waals surface area contributed by atoms with Gasteiger partial charge in [0.15, 0.2) is 0 Å². The van der Waals surface area contributed by atoms with Gasteiger partial charge in [-0.3, -0.25) is 9.69 Å². The van der Waals surface area contributed by atoms with Crippen molar-refractivity contribution < 1.29 is 9.90 Å². The molecule has 0 amide bonds. The van der Waals surface area contributed by atoms with Crippen molar-refractivity contribution in [2.24, 2.45) is 0 Å². The van der Waals surface area contributed by atoms with Crippen LogP contribution in [0.2, 0.25) is 0 Å². The largest absolute Gasteiger partial charge is 0.480 e. The third-order valence-corrected chi connectivity index (χ3v) is 3.53. The van der Waals surface area contributed by atoms with Gasteiger partial charge in [0.1, 0.15) is 11.2 Å². The quantitative estimate of drug-likeness (QED) is 0.913. The van der Waals surface area contributed by atoms with Crippen LogP contribution in [0.25, 0.3) is 5.65 Å². The van der Waals surface area contributed by atoms with Crippen molar-refractivity contribution in [3.05, 3.63) is 35.8 Å². The highest BCUT2D eigenvalue weighted by Gasteiger charge is 2.32. The molecule has 0 aliphatic heterocycles. The molecule has 19 heavy (non-hydrogen) atoms. The van der Waals surface area contributed by atoms with Crippen LogP contribution in [0.15, 0.2) is 24.5 Å². The number of likely N-dealkylation sites (N-methyl/N-ethyl adjacent to an activating group) is 1. The van der Waals surface area contributed by atoms with Gasteiger partial charge in [0.25, 0.3) is 0 Å². The van der Waals surface area contributed by atoms with E-state index in [2.05, 4.69) is 4.98 Å². The maximum Gasteiger partial charge on any atom is 0.323 e. The molecule has 0 fully saturated rings. The molecule has 2 aromatic rings.